The van der Waals surface area contributed by atoms with Gasteiger partial charge in [0.25, 0.3) is 5.91 Å². The van der Waals surface area contributed by atoms with Crippen molar-refractivity contribution in [1.82, 2.24) is 4.90 Å². The summed E-state index contributed by atoms with van der Waals surface area (Å²) in [5, 5.41) is 0. The van der Waals surface area contributed by atoms with E-state index in [9.17, 15) is 9.18 Å². The number of benzene rings is 1. The summed E-state index contributed by atoms with van der Waals surface area (Å²) in [4.78, 5) is 14.4. The average molecular weight is 309 g/mol. The number of hydrogen-bond donors (Lipinski definition) is 0. The molecule has 1 aliphatic rings. The zero-order chi connectivity index (χ0) is 15.9. The molecular formula is C17H24FNO3. The van der Waals surface area contributed by atoms with Gasteiger partial charge in [0.2, 0.25) is 0 Å². The van der Waals surface area contributed by atoms with Crippen LogP contribution >= 0.6 is 0 Å². The molecule has 1 aromatic carbocycles. The van der Waals surface area contributed by atoms with E-state index >= 15 is 0 Å². The van der Waals surface area contributed by atoms with Crippen molar-refractivity contribution in [3.63, 3.8) is 0 Å². The highest BCUT2D eigenvalue weighted by Crippen LogP contribution is 2.27. The predicted octanol–water partition coefficient (Wildman–Crippen LogP) is 3.11. The van der Waals surface area contributed by atoms with Crippen molar-refractivity contribution in [2.45, 2.75) is 25.7 Å². The number of carbonyl (C=O) groups excluding carboxylic acids is 1. The lowest BCUT2D eigenvalue weighted by Crippen LogP contribution is -2.40. The lowest BCUT2D eigenvalue weighted by Gasteiger charge is -2.33. The lowest BCUT2D eigenvalue weighted by atomic mass is 9.93. The smallest absolute Gasteiger partial charge is 0.260 e. The molecule has 4 nitrogen and oxygen atoms in total. The fourth-order valence-electron chi connectivity index (χ4n) is 3.04. The molecule has 0 radical (unpaired) electrons. The SMILES string of the molecule is COCCCC1CCCN(C(=O)c2c(F)cccc2OC)C1. The van der Waals surface area contributed by atoms with Gasteiger partial charge in [0, 0.05) is 26.8 Å². The molecular weight excluding hydrogens is 285 g/mol. The van der Waals surface area contributed by atoms with Crippen molar-refractivity contribution < 1.29 is 18.7 Å². The molecule has 1 aromatic rings. The topological polar surface area (TPSA) is 38.8 Å². The van der Waals surface area contributed by atoms with E-state index in [-0.39, 0.29) is 11.5 Å². The molecule has 122 valence electrons. The number of nitrogens with zero attached hydrogens (tertiary/aromatic N) is 1. The molecule has 1 aliphatic heterocycles. The first-order valence-electron chi connectivity index (χ1n) is 7.78. The number of hydrogen-bond acceptors (Lipinski definition) is 3. The van der Waals surface area contributed by atoms with E-state index in [4.69, 9.17) is 9.47 Å². The summed E-state index contributed by atoms with van der Waals surface area (Å²) in [7, 11) is 3.15. The summed E-state index contributed by atoms with van der Waals surface area (Å²) in [5.74, 6) is -0.0330. The second-order valence-corrected chi connectivity index (χ2v) is 5.71. The van der Waals surface area contributed by atoms with E-state index in [1.54, 1.807) is 24.1 Å². The zero-order valence-electron chi connectivity index (χ0n) is 13.3. The first-order valence-corrected chi connectivity index (χ1v) is 7.78. The number of piperidine rings is 1. The van der Waals surface area contributed by atoms with Crippen LogP contribution in [0, 0.1) is 11.7 Å². The van der Waals surface area contributed by atoms with E-state index in [1.165, 1.54) is 13.2 Å². The highest BCUT2D eigenvalue weighted by Gasteiger charge is 2.28. The van der Waals surface area contributed by atoms with Gasteiger partial charge in [-0.1, -0.05) is 6.07 Å². The molecule has 0 aromatic heterocycles. The minimum atomic E-state index is -0.522. The fourth-order valence-corrected chi connectivity index (χ4v) is 3.04. The van der Waals surface area contributed by atoms with Gasteiger partial charge in [-0.15, -0.1) is 0 Å². The Bertz CT molecular complexity index is 507. The molecule has 1 saturated heterocycles. The van der Waals surface area contributed by atoms with Crippen LogP contribution in [0.2, 0.25) is 0 Å². The Kier molecular flexibility index (Phi) is 6.19. The van der Waals surface area contributed by atoms with Crippen molar-refractivity contribution >= 4 is 5.91 Å². The molecule has 1 unspecified atom stereocenters. The van der Waals surface area contributed by atoms with Crippen molar-refractivity contribution in [2.75, 3.05) is 33.9 Å². The van der Waals surface area contributed by atoms with Crippen LogP contribution in [0.15, 0.2) is 18.2 Å². The summed E-state index contributed by atoms with van der Waals surface area (Å²) in [6, 6.07) is 4.47. The molecule has 0 spiro atoms. The maximum atomic E-state index is 14.0. The molecule has 2 rings (SSSR count). The molecule has 0 N–H and O–H groups in total. The van der Waals surface area contributed by atoms with Crippen LogP contribution in [0.4, 0.5) is 4.39 Å². The van der Waals surface area contributed by atoms with Crippen LogP contribution in [-0.2, 0) is 4.74 Å². The Labute approximate surface area is 131 Å². The number of methoxy groups -OCH3 is 2. The van der Waals surface area contributed by atoms with Gasteiger partial charge in [-0.3, -0.25) is 4.79 Å². The zero-order valence-corrected chi connectivity index (χ0v) is 13.3. The summed E-state index contributed by atoms with van der Waals surface area (Å²) in [5.41, 5.74) is 0.0440. The summed E-state index contributed by atoms with van der Waals surface area (Å²) >= 11 is 0. The number of amides is 1. The first kappa shape index (κ1) is 16.7. The molecule has 1 fully saturated rings. The van der Waals surface area contributed by atoms with Gasteiger partial charge in [0.05, 0.1) is 7.11 Å². The third-order valence-electron chi connectivity index (χ3n) is 4.18. The molecule has 0 aliphatic carbocycles. The second-order valence-electron chi connectivity index (χ2n) is 5.71. The quantitative estimate of drug-likeness (QED) is 0.758. The maximum Gasteiger partial charge on any atom is 0.260 e. The normalized spacial score (nSPS) is 18.3. The first-order chi connectivity index (χ1) is 10.7. The average Bonchev–Trinajstić information content (AvgIpc) is 2.54. The van der Waals surface area contributed by atoms with Gasteiger partial charge in [-0.25, -0.2) is 4.39 Å². The highest BCUT2D eigenvalue weighted by atomic mass is 19.1. The van der Waals surface area contributed by atoms with Crippen molar-refractivity contribution in [2.24, 2.45) is 5.92 Å². The van der Waals surface area contributed by atoms with Crippen molar-refractivity contribution in [1.29, 1.82) is 0 Å². The molecule has 1 amide bonds. The van der Waals surface area contributed by atoms with Crippen LogP contribution in [-0.4, -0.2) is 44.7 Å². The monoisotopic (exact) mass is 309 g/mol. The molecule has 1 heterocycles. The summed E-state index contributed by atoms with van der Waals surface area (Å²) in [6.07, 6.45) is 4.10. The molecule has 0 saturated carbocycles. The van der Waals surface area contributed by atoms with Crippen LogP contribution in [0.25, 0.3) is 0 Å². The van der Waals surface area contributed by atoms with Gasteiger partial charge in [-0.05, 0) is 43.7 Å². The summed E-state index contributed by atoms with van der Waals surface area (Å²) < 4.78 is 24.3. The molecule has 22 heavy (non-hydrogen) atoms. The van der Waals surface area contributed by atoms with E-state index in [0.29, 0.717) is 24.8 Å². The van der Waals surface area contributed by atoms with Crippen molar-refractivity contribution in [3.8, 4) is 5.75 Å². The number of halogens is 1. The van der Waals surface area contributed by atoms with Crippen LogP contribution in [0.1, 0.15) is 36.0 Å². The second kappa shape index (κ2) is 8.13. The summed E-state index contributed by atoms with van der Waals surface area (Å²) in [6.45, 7) is 2.10. The Morgan fingerprint density at radius 1 is 1.41 bits per heavy atom. The van der Waals surface area contributed by atoms with Gasteiger partial charge >= 0.3 is 0 Å². The van der Waals surface area contributed by atoms with Gasteiger partial charge < -0.3 is 14.4 Å². The minimum Gasteiger partial charge on any atom is -0.496 e. The third kappa shape index (κ3) is 3.97. The van der Waals surface area contributed by atoms with E-state index < -0.39 is 5.82 Å². The Hall–Kier alpha value is -1.62. The predicted molar refractivity (Wildman–Crippen MR) is 82.7 cm³/mol. The molecule has 1 atom stereocenters. The Balaban J connectivity index is 2.06. The molecule has 0 bridgehead atoms. The van der Waals surface area contributed by atoms with Gasteiger partial charge in [0.15, 0.2) is 0 Å². The van der Waals surface area contributed by atoms with Crippen molar-refractivity contribution in [3.05, 3.63) is 29.6 Å². The number of carbonyl (C=O) groups is 1. The highest BCUT2D eigenvalue weighted by molar-refractivity contribution is 5.97. The third-order valence-corrected chi connectivity index (χ3v) is 4.18. The Morgan fingerprint density at radius 2 is 2.23 bits per heavy atom. The standard InChI is InChI=1S/C17H24FNO3/c1-21-11-5-7-13-6-4-10-19(12-13)17(20)16-14(18)8-3-9-15(16)22-2/h3,8-9,13H,4-7,10-12H2,1-2H3. The maximum absolute atomic E-state index is 14.0. The fraction of sp³-hybridized carbons (Fsp3) is 0.588. The van der Waals surface area contributed by atoms with E-state index in [1.807, 2.05) is 0 Å². The van der Waals surface area contributed by atoms with Crippen LogP contribution in [0.3, 0.4) is 0 Å². The van der Waals surface area contributed by atoms with Gasteiger partial charge in [-0.2, -0.15) is 0 Å². The van der Waals surface area contributed by atoms with Gasteiger partial charge in [0.1, 0.15) is 17.1 Å². The van der Waals surface area contributed by atoms with Crippen LogP contribution in [0.5, 0.6) is 5.75 Å². The Morgan fingerprint density at radius 3 is 2.95 bits per heavy atom. The number of likely N-dealkylation sites (tertiary alicyclic amines) is 1. The number of ether oxygens (including phenoxy) is 2. The van der Waals surface area contributed by atoms with E-state index in [2.05, 4.69) is 0 Å². The lowest BCUT2D eigenvalue weighted by molar-refractivity contribution is 0.0652. The number of rotatable bonds is 6. The molecule has 5 heteroatoms. The largest absolute Gasteiger partial charge is 0.496 e. The van der Waals surface area contributed by atoms with E-state index in [0.717, 1.165) is 32.3 Å². The minimum absolute atomic E-state index is 0.0440. The van der Waals surface area contributed by atoms with Crippen LogP contribution < -0.4 is 4.74 Å².